The number of fused-ring (bicyclic) bond motifs is 1. The highest BCUT2D eigenvalue weighted by Gasteiger charge is 2.44. The topological polar surface area (TPSA) is 42.4 Å². The minimum atomic E-state index is -4.43. The number of aromatic nitrogens is 1. The van der Waals surface area contributed by atoms with Crippen molar-refractivity contribution in [2.75, 3.05) is 0 Å². The molecule has 1 N–H and O–H groups in total. The summed E-state index contributed by atoms with van der Waals surface area (Å²) in [5.74, 6) is 0.00492. The van der Waals surface area contributed by atoms with Crippen LogP contribution in [-0.4, -0.2) is 18.4 Å². The average molecular weight is 640 g/mol. The van der Waals surface area contributed by atoms with Gasteiger partial charge in [-0.05, 0) is 77.0 Å². The summed E-state index contributed by atoms with van der Waals surface area (Å²) in [6.07, 6.45) is -4.16. The first-order valence-corrected chi connectivity index (χ1v) is 16.8. The second-order valence-electron chi connectivity index (χ2n) is 12.3. The van der Waals surface area contributed by atoms with Crippen molar-refractivity contribution in [3.63, 3.8) is 0 Å². The van der Waals surface area contributed by atoms with Crippen molar-refractivity contribution in [2.45, 2.75) is 104 Å². The van der Waals surface area contributed by atoms with Gasteiger partial charge in [-0.25, -0.2) is 0 Å². The van der Waals surface area contributed by atoms with Crippen LogP contribution in [0.3, 0.4) is 0 Å². The molecule has 0 bridgehead atoms. The van der Waals surface area contributed by atoms with Crippen LogP contribution in [0.25, 0.3) is 0 Å². The number of nitrogens with zero attached hydrogens (tertiary/aromatic N) is 1. The highest BCUT2D eigenvalue weighted by molar-refractivity contribution is 14.1. The molecule has 196 valence electrons. The second-order valence-corrected chi connectivity index (χ2v) is 19.2. The Labute approximate surface area is 226 Å². The molecule has 1 aliphatic carbocycles. The SMILES string of the molecule is CC(C)c1nc2c(c(I)c1C(O)c1ccc(C(F)(F)F)s1)[C@H](O[Si](C)(C)C(C)(C)C)CC(C)(C)C2. The summed E-state index contributed by atoms with van der Waals surface area (Å²) in [5.41, 5.74) is 3.33. The molecule has 0 amide bonds. The van der Waals surface area contributed by atoms with Crippen LogP contribution in [0.4, 0.5) is 13.2 Å². The quantitative estimate of drug-likeness (QED) is 0.262. The molecule has 9 heteroatoms. The van der Waals surface area contributed by atoms with E-state index in [0.29, 0.717) is 16.9 Å². The maximum absolute atomic E-state index is 13.3. The highest BCUT2D eigenvalue weighted by Crippen LogP contribution is 2.50. The van der Waals surface area contributed by atoms with Crippen LogP contribution in [0, 0.1) is 8.99 Å². The fourth-order valence-electron chi connectivity index (χ4n) is 4.37. The number of aliphatic hydroxyl groups is 1. The Kier molecular flexibility index (Phi) is 8.03. The Hall–Kier alpha value is -0.493. The van der Waals surface area contributed by atoms with E-state index in [9.17, 15) is 18.3 Å². The molecule has 3 nitrogen and oxygen atoms in total. The molecule has 0 aliphatic heterocycles. The third-order valence-corrected chi connectivity index (χ3v) is 14.1. The zero-order chi connectivity index (χ0) is 26.7. The van der Waals surface area contributed by atoms with Gasteiger partial charge in [0.2, 0.25) is 0 Å². The molecular formula is C26H37F3INO2SSi. The van der Waals surface area contributed by atoms with Crippen LogP contribution < -0.4 is 0 Å². The average Bonchev–Trinajstić information content (AvgIpc) is 3.15. The first kappa shape index (κ1) is 29.1. The summed E-state index contributed by atoms with van der Waals surface area (Å²) in [4.78, 5) is 4.63. The van der Waals surface area contributed by atoms with Gasteiger partial charge < -0.3 is 9.53 Å². The van der Waals surface area contributed by atoms with Gasteiger partial charge in [0, 0.05) is 25.3 Å². The molecule has 2 aromatic rings. The number of aliphatic hydroxyl groups excluding tert-OH is 1. The van der Waals surface area contributed by atoms with E-state index in [2.05, 4.69) is 70.3 Å². The summed E-state index contributed by atoms with van der Waals surface area (Å²) < 4.78 is 47.6. The Balaban J connectivity index is 2.20. The Bertz CT molecular complexity index is 1090. The van der Waals surface area contributed by atoms with Crippen molar-refractivity contribution in [1.29, 1.82) is 0 Å². The van der Waals surface area contributed by atoms with Gasteiger partial charge in [-0.1, -0.05) is 48.5 Å². The first-order valence-electron chi connectivity index (χ1n) is 12.0. The Morgan fingerprint density at radius 1 is 1.20 bits per heavy atom. The molecule has 2 heterocycles. The largest absolute Gasteiger partial charge is 0.425 e. The lowest BCUT2D eigenvalue weighted by Gasteiger charge is -2.44. The van der Waals surface area contributed by atoms with Crippen LogP contribution in [0.5, 0.6) is 0 Å². The molecule has 2 atom stereocenters. The van der Waals surface area contributed by atoms with Gasteiger partial charge in [-0.3, -0.25) is 4.98 Å². The van der Waals surface area contributed by atoms with Crippen molar-refractivity contribution in [2.24, 2.45) is 5.41 Å². The van der Waals surface area contributed by atoms with Crippen LogP contribution in [0.15, 0.2) is 12.1 Å². The van der Waals surface area contributed by atoms with E-state index in [-0.39, 0.29) is 27.4 Å². The smallest absolute Gasteiger partial charge is 0.410 e. The predicted molar refractivity (Wildman–Crippen MR) is 148 cm³/mol. The number of halogens is 4. The lowest BCUT2D eigenvalue weighted by atomic mass is 9.74. The summed E-state index contributed by atoms with van der Waals surface area (Å²) in [6.45, 7) is 19.6. The maximum atomic E-state index is 13.3. The van der Waals surface area contributed by atoms with Gasteiger partial charge in [-0.15, -0.1) is 11.3 Å². The van der Waals surface area contributed by atoms with Gasteiger partial charge in [0.05, 0.1) is 11.8 Å². The van der Waals surface area contributed by atoms with Crippen LogP contribution >= 0.6 is 33.9 Å². The summed E-state index contributed by atoms with van der Waals surface area (Å²) in [6, 6.07) is 2.42. The minimum absolute atomic E-state index is 0.000144. The molecule has 0 radical (unpaired) electrons. The number of alkyl halides is 3. The Morgan fingerprint density at radius 2 is 1.80 bits per heavy atom. The van der Waals surface area contributed by atoms with E-state index in [1.807, 2.05) is 13.8 Å². The van der Waals surface area contributed by atoms with Gasteiger partial charge in [0.15, 0.2) is 8.32 Å². The fourth-order valence-corrected chi connectivity index (χ4v) is 7.74. The summed E-state index contributed by atoms with van der Waals surface area (Å²) >= 11 is 2.86. The molecule has 0 spiro atoms. The van der Waals surface area contributed by atoms with Crippen LogP contribution in [0.2, 0.25) is 18.1 Å². The zero-order valence-corrected chi connectivity index (χ0v) is 26.0. The summed E-state index contributed by atoms with van der Waals surface area (Å²) in [5, 5.41) is 11.4. The van der Waals surface area contributed by atoms with Crippen molar-refractivity contribution in [3.05, 3.63) is 48.0 Å². The van der Waals surface area contributed by atoms with Crippen molar-refractivity contribution in [3.8, 4) is 0 Å². The molecule has 0 saturated heterocycles. The fraction of sp³-hybridized carbons (Fsp3) is 0.654. The molecule has 35 heavy (non-hydrogen) atoms. The third kappa shape index (κ3) is 5.99. The number of rotatable bonds is 5. The first-order chi connectivity index (χ1) is 15.7. The van der Waals surface area contributed by atoms with E-state index in [1.54, 1.807) is 0 Å². The third-order valence-electron chi connectivity index (χ3n) is 7.26. The van der Waals surface area contributed by atoms with E-state index in [4.69, 9.17) is 9.41 Å². The van der Waals surface area contributed by atoms with Gasteiger partial charge in [-0.2, -0.15) is 13.2 Å². The standard InChI is InChI=1S/C26H37F3INO2SSi/c1-14(2)22-20(23(32)17-10-11-18(34-17)26(27,28)29)21(30)19-15(31-22)12-25(6,7)13-16(19)33-35(8,9)24(3,4)5/h10-11,14,16,23,32H,12-13H2,1-9H3/t16-,23?/m1/s1. The van der Waals surface area contributed by atoms with Crippen molar-refractivity contribution >= 4 is 42.2 Å². The molecule has 0 aromatic carbocycles. The number of pyridine rings is 1. The van der Waals surface area contributed by atoms with Gasteiger partial charge >= 0.3 is 6.18 Å². The second kappa shape index (κ2) is 9.67. The molecule has 2 aromatic heterocycles. The normalized spacial score (nSPS) is 19.7. The number of hydrogen-bond donors (Lipinski definition) is 1. The molecule has 1 aliphatic rings. The van der Waals surface area contributed by atoms with E-state index in [1.165, 1.54) is 6.07 Å². The summed E-state index contributed by atoms with van der Waals surface area (Å²) in [7, 11) is -2.12. The lowest BCUT2D eigenvalue weighted by Crippen LogP contribution is -2.44. The molecular weight excluding hydrogens is 602 g/mol. The van der Waals surface area contributed by atoms with Crippen LogP contribution in [0.1, 0.15) is 105 Å². The van der Waals surface area contributed by atoms with Crippen molar-refractivity contribution in [1.82, 2.24) is 4.98 Å². The lowest BCUT2D eigenvalue weighted by molar-refractivity contribution is -0.134. The van der Waals surface area contributed by atoms with Gasteiger partial charge in [0.25, 0.3) is 0 Å². The van der Waals surface area contributed by atoms with E-state index in [0.717, 1.165) is 39.4 Å². The highest BCUT2D eigenvalue weighted by atomic mass is 127. The number of thiophene rings is 1. The molecule has 1 unspecified atom stereocenters. The monoisotopic (exact) mass is 639 g/mol. The molecule has 3 rings (SSSR count). The predicted octanol–water partition coefficient (Wildman–Crippen LogP) is 9.01. The van der Waals surface area contributed by atoms with Crippen LogP contribution in [-0.2, 0) is 17.0 Å². The molecule has 0 saturated carbocycles. The van der Waals surface area contributed by atoms with E-state index >= 15 is 0 Å². The minimum Gasteiger partial charge on any atom is -0.410 e. The number of hydrogen-bond acceptors (Lipinski definition) is 4. The zero-order valence-electron chi connectivity index (χ0n) is 22.0. The van der Waals surface area contributed by atoms with Crippen molar-refractivity contribution < 1.29 is 22.7 Å². The maximum Gasteiger partial charge on any atom is 0.425 e. The Morgan fingerprint density at radius 3 is 2.29 bits per heavy atom. The van der Waals surface area contributed by atoms with E-state index < -0.39 is 25.5 Å². The van der Waals surface area contributed by atoms with Gasteiger partial charge in [0.1, 0.15) is 11.0 Å². The molecule has 0 fully saturated rings.